The summed E-state index contributed by atoms with van der Waals surface area (Å²) in [7, 11) is 1.85. The maximum Gasteiger partial charge on any atom is 0.172 e. The molecule has 2 aromatic heterocycles. The molecule has 0 aliphatic rings. The van der Waals surface area contributed by atoms with E-state index in [0.717, 1.165) is 11.0 Å². The smallest absolute Gasteiger partial charge is 0.172 e. The Hall–Kier alpha value is -2.11. The largest absolute Gasteiger partial charge is 0.409 e. The number of nitrogens with zero attached hydrogens (tertiary/aromatic N) is 4. The molecular weight excluding hydrogens is 194 g/mol. The van der Waals surface area contributed by atoms with Gasteiger partial charge in [0.15, 0.2) is 5.84 Å². The second kappa shape index (κ2) is 3.23. The normalized spacial score (nSPS) is 12.3. The molecule has 0 aliphatic carbocycles. The number of nitrogens with two attached hydrogens (primary N) is 1. The third-order valence-electron chi connectivity index (χ3n) is 2.22. The van der Waals surface area contributed by atoms with Crippen molar-refractivity contribution in [3.8, 4) is 0 Å². The molecule has 2 aromatic rings. The van der Waals surface area contributed by atoms with Gasteiger partial charge in [0.25, 0.3) is 0 Å². The van der Waals surface area contributed by atoms with Crippen molar-refractivity contribution < 1.29 is 5.21 Å². The van der Waals surface area contributed by atoms with Crippen LogP contribution < -0.4 is 5.73 Å². The predicted molar refractivity (Wildman–Crippen MR) is 55.8 cm³/mol. The topological polar surface area (TPSA) is 89.3 Å². The lowest BCUT2D eigenvalue weighted by atomic mass is 10.2. The first-order valence-electron chi connectivity index (χ1n) is 4.40. The first-order valence-corrected chi connectivity index (χ1v) is 4.40. The number of aromatic nitrogens is 3. The standard InChI is InChI=1S/C9H11N5O/c1-5-11-3-6-7(8(10)13-15)4-14(2)9(6)12-5/h3-4,15H,1-2H3,(H2,10,13). The fourth-order valence-electron chi connectivity index (χ4n) is 1.50. The molecule has 0 unspecified atom stereocenters. The minimum Gasteiger partial charge on any atom is -0.409 e. The highest BCUT2D eigenvalue weighted by atomic mass is 16.4. The van der Waals surface area contributed by atoms with Crippen LogP contribution >= 0.6 is 0 Å². The van der Waals surface area contributed by atoms with Gasteiger partial charge in [0, 0.05) is 30.4 Å². The molecule has 6 nitrogen and oxygen atoms in total. The number of fused-ring (bicyclic) bond motifs is 1. The third-order valence-corrected chi connectivity index (χ3v) is 2.22. The molecule has 0 atom stereocenters. The van der Waals surface area contributed by atoms with E-state index in [1.807, 2.05) is 18.5 Å². The van der Waals surface area contributed by atoms with Crippen molar-refractivity contribution in [3.05, 3.63) is 23.8 Å². The van der Waals surface area contributed by atoms with Gasteiger partial charge in [-0.2, -0.15) is 0 Å². The maximum atomic E-state index is 8.62. The fourth-order valence-corrected chi connectivity index (χ4v) is 1.50. The van der Waals surface area contributed by atoms with Crippen molar-refractivity contribution in [2.24, 2.45) is 17.9 Å². The minimum absolute atomic E-state index is 0.0630. The van der Waals surface area contributed by atoms with Gasteiger partial charge >= 0.3 is 0 Å². The first-order chi connectivity index (χ1) is 7.13. The number of oxime groups is 1. The van der Waals surface area contributed by atoms with Gasteiger partial charge in [0.2, 0.25) is 0 Å². The van der Waals surface area contributed by atoms with Crippen LogP contribution in [0.25, 0.3) is 11.0 Å². The van der Waals surface area contributed by atoms with Crippen LogP contribution in [0.2, 0.25) is 0 Å². The summed E-state index contributed by atoms with van der Waals surface area (Å²) in [4.78, 5) is 8.35. The van der Waals surface area contributed by atoms with Crippen LogP contribution in [-0.2, 0) is 7.05 Å². The molecule has 15 heavy (non-hydrogen) atoms. The Morgan fingerprint density at radius 1 is 1.60 bits per heavy atom. The van der Waals surface area contributed by atoms with Gasteiger partial charge in [-0.15, -0.1) is 0 Å². The maximum absolute atomic E-state index is 8.62. The van der Waals surface area contributed by atoms with E-state index < -0.39 is 0 Å². The van der Waals surface area contributed by atoms with Gasteiger partial charge in [-0.1, -0.05) is 5.16 Å². The molecule has 0 saturated carbocycles. The van der Waals surface area contributed by atoms with Crippen molar-refractivity contribution in [3.63, 3.8) is 0 Å². The summed E-state index contributed by atoms with van der Waals surface area (Å²) in [5, 5.41) is 12.4. The lowest BCUT2D eigenvalue weighted by Gasteiger charge is -1.96. The van der Waals surface area contributed by atoms with Gasteiger partial charge < -0.3 is 15.5 Å². The average Bonchev–Trinajstić information content (AvgIpc) is 2.55. The first kappa shape index (κ1) is 9.45. The molecular formula is C9H11N5O. The minimum atomic E-state index is 0.0630. The number of aryl methyl sites for hydroxylation is 2. The highest BCUT2D eigenvalue weighted by molar-refractivity contribution is 6.07. The lowest BCUT2D eigenvalue weighted by molar-refractivity contribution is 0.318. The van der Waals surface area contributed by atoms with Crippen molar-refractivity contribution in [1.29, 1.82) is 0 Å². The van der Waals surface area contributed by atoms with Crippen LogP contribution in [-0.4, -0.2) is 25.6 Å². The number of hydrogen-bond donors (Lipinski definition) is 2. The van der Waals surface area contributed by atoms with Gasteiger partial charge in [0.1, 0.15) is 11.5 Å². The molecule has 2 heterocycles. The Morgan fingerprint density at radius 2 is 2.33 bits per heavy atom. The van der Waals surface area contributed by atoms with Crippen molar-refractivity contribution in [1.82, 2.24) is 14.5 Å². The van der Waals surface area contributed by atoms with E-state index in [9.17, 15) is 0 Å². The summed E-state index contributed by atoms with van der Waals surface area (Å²) in [6, 6.07) is 0. The predicted octanol–water partition coefficient (Wildman–Crippen LogP) is 0.371. The molecule has 0 amide bonds. The van der Waals surface area contributed by atoms with E-state index in [1.54, 1.807) is 12.4 Å². The zero-order chi connectivity index (χ0) is 11.0. The van der Waals surface area contributed by atoms with Crippen LogP contribution in [0.4, 0.5) is 0 Å². The fraction of sp³-hybridized carbons (Fsp3) is 0.222. The molecule has 0 fully saturated rings. The summed E-state index contributed by atoms with van der Waals surface area (Å²) >= 11 is 0. The molecule has 0 saturated heterocycles. The molecule has 0 spiro atoms. The van der Waals surface area contributed by atoms with Crippen LogP contribution in [0.3, 0.4) is 0 Å². The highest BCUT2D eigenvalue weighted by Gasteiger charge is 2.11. The van der Waals surface area contributed by atoms with Gasteiger partial charge in [-0.3, -0.25) is 0 Å². The Balaban J connectivity index is 2.79. The van der Waals surface area contributed by atoms with Crippen molar-refractivity contribution >= 4 is 16.9 Å². The zero-order valence-corrected chi connectivity index (χ0v) is 8.47. The molecule has 3 N–H and O–H groups in total. The van der Waals surface area contributed by atoms with E-state index in [4.69, 9.17) is 10.9 Å². The molecule has 0 aliphatic heterocycles. The summed E-state index contributed by atoms with van der Waals surface area (Å²) < 4.78 is 1.82. The highest BCUT2D eigenvalue weighted by Crippen LogP contribution is 2.17. The molecule has 6 heteroatoms. The quantitative estimate of drug-likeness (QED) is 0.304. The van der Waals surface area contributed by atoms with Gasteiger partial charge in [-0.25, -0.2) is 9.97 Å². The SMILES string of the molecule is Cc1ncc2c(/C(N)=N\O)cn(C)c2n1. The second-order valence-electron chi connectivity index (χ2n) is 3.29. The molecule has 0 radical (unpaired) electrons. The summed E-state index contributed by atoms with van der Waals surface area (Å²) in [6.45, 7) is 1.82. The van der Waals surface area contributed by atoms with Gasteiger partial charge in [0.05, 0.1) is 0 Å². The second-order valence-corrected chi connectivity index (χ2v) is 3.29. The Kier molecular flexibility index (Phi) is 2.03. The molecule has 0 bridgehead atoms. The van der Waals surface area contributed by atoms with E-state index in [1.165, 1.54) is 0 Å². The summed E-state index contributed by atoms with van der Waals surface area (Å²) in [5.74, 6) is 0.753. The Morgan fingerprint density at radius 3 is 3.00 bits per heavy atom. The van der Waals surface area contributed by atoms with Crippen molar-refractivity contribution in [2.75, 3.05) is 0 Å². The van der Waals surface area contributed by atoms with E-state index >= 15 is 0 Å². The summed E-state index contributed by atoms with van der Waals surface area (Å²) in [5.41, 5.74) is 6.94. The van der Waals surface area contributed by atoms with Crippen molar-refractivity contribution in [2.45, 2.75) is 6.92 Å². The van der Waals surface area contributed by atoms with E-state index in [2.05, 4.69) is 15.1 Å². The van der Waals surface area contributed by atoms with E-state index in [0.29, 0.717) is 11.4 Å². The zero-order valence-electron chi connectivity index (χ0n) is 8.47. The molecule has 0 aromatic carbocycles. The number of amidine groups is 1. The summed E-state index contributed by atoms with van der Waals surface area (Å²) in [6.07, 6.45) is 3.43. The molecule has 2 rings (SSSR count). The van der Waals surface area contributed by atoms with E-state index in [-0.39, 0.29) is 5.84 Å². The van der Waals surface area contributed by atoms with Crippen LogP contribution in [0, 0.1) is 6.92 Å². The monoisotopic (exact) mass is 205 g/mol. The van der Waals surface area contributed by atoms with Crippen LogP contribution in [0.15, 0.2) is 17.5 Å². The lowest BCUT2D eigenvalue weighted by Crippen LogP contribution is -2.12. The Labute approximate surface area is 86.0 Å². The third kappa shape index (κ3) is 1.39. The number of rotatable bonds is 1. The Bertz CT molecular complexity index is 543. The van der Waals surface area contributed by atoms with Gasteiger partial charge in [-0.05, 0) is 6.92 Å². The average molecular weight is 205 g/mol. The van der Waals surface area contributed by atoms with Crippen LogP contribution in [0.1, 0.15) is 11.4 Å². The number of hydrogen-bond acceptors (Lipinski definition) is 4. The molecule has 78 valence electrons. The van der Waals surface area contributed by atoms with Crippen LogP contribution in [0.5, 0.6) is 0 Å².